The van der Waals surface area contributed by atoms with E-state index in [2.05, 4.69) is 5.32 Å². The summed E-state index contributed by atoms with van der Waals surface area (Å²) in [5, 5.41) is 12.0. The standard InChI is InChI=1S/C15H23NO3/c1-3-9-15(2,11-17)12-19-14(18)16-10-13-7-5-4-6-8-13/h4-8,17H,3,9-12H2,1-2H3,(H,16,18). The molecule has 19 heavy (non-hydrogen) atoms. The Bertz CT molecular complexity index is 380. The number of carbonyl (C=O) groups is 1. The fourth-order valence-corrected chi connectivity index (χ4v) is 1.86. The second-order valence-electron chi connectivity index (χ2n) is 5.13. The summed E-state index contributed by atoms with van der Waals surface area (Å²) in [5.41, 5.74) is 0.677. The SMILES string of the molecule is CCCC(C)(CO)COC(=O)NCc1ccccc1. The second kappa shape index (κ2) is 7.79. The van der Waals surface area contributed by atoms with Crippen LogP contribution in [0.25, 0.3) is 0 Å². The van der Waals surface area contributed by atoms with E-state index < -0.39 is 6.09 Å². The van der Waals surface area contributed by atoms with Gasteiger partial charge in [-0.3, -0.25) is 0 Å². The van der Waals surface area contributed by atoms with Crippen LogP contribution < -0.4 is 5.32 Å². The lowest BCUT2D eigenvalue weighted by atomic mass is 9.88. The number of benzene rings is 1. The summed E-state index contributed by atoms with van der Waals surface area (Å²) in [7, 11) is 0. The number of hydrogen-bond acceptors (Lipinski definition) is 3. The first-order valence-corrected chi connectivity index (χ1v) is 6.65. The average Bonchev–Trinajstić information content (AvgIpc) is 2.44. The summed E-state index contributed by atoms with van der Waals surface area (Å²) in [6.45, 7) is 4.67. The molecule has 0 bridgehead atoms. The Kier molecular flexibility index (Phi) is 6.36. The number of amides is 1. The predicted octanol–water partition coefficient (Wildman–Crippen LogP) is 2.71. The van der Waals surface area contributed by atoms with Gasteiger partial charge in [0.15, 0.2) is 0 Å². The molecular weight excluding hydrogens is 242 g/mol. The number of carbonyl (C=O) groups excluding carboxylic acids is 1. The van der Waals surface area contributed by atoms with Crippen molar-refractivity contribution in [2.24, 2.45) is 5.41 Å². The largest absolute Gasteiger partial charge is 0.449 e. The van der Waals surface area contributed by atoms with Crippen LogP contribution in [-0.2, 0) is 11.3 Å². The van der Waals surface area contributed by atoms with E-state index in [-0.39, 0.29) is 18.6 Å². The van der Waals surface area contributed by atoms with Gasteiger partial charge in [0, 0.05) is 12.0 Å². The number of rotatable bonds is 7. The Morgan fingerprint density at radius 2 is 2.05 bits per heavy atom. The van der Waals surface area contributed by atoms with E-state index in [9.17, 15) is 9.90 Å². The zero-order chi connectivity index (χ0) is 14.1. The lowest BCUT2D eigenvalue weighted by Crippen LogP contribution is -2.32. The molecule has 0 aliphatic rings. The summed E-state index contributed by atoms with van der Waals surface area (Å²) in [6.07, 6.45) is 1.33. The summed E-state index contributed by atoms with van der Waals surface area (Å²) in [5.74, 6) is 0. The quantitative estimate of drug-likeness (QED) is 0.797. The van der Waals surface area contributed by atoms with Crippen molar-refractivity contribution in [2.45, 2.75) is 33.2 Å². The molecule has 4 nitrogen and oxygen atoms in total. The van der Waals surface area contributed by atoms with Crippen LogP contribution in [0.5, 0.6) is 0 Å². The van der Waals surface area contributed by atoms with Crippen LogP contribution >= 0.6 is 0 Å². The monoisotopic (exact) mass is 265 g/mol. The van der Waals surface area contributed by atoms with Crippen LogP contribution in [0.3, 0.4) is 0 Å². The summed E-state index contributed by atoms with van der Waals surface area (Å²) in [6, 6.07) is 9.66. The number of alkyl carbamates (subject to hydrolysis) is 1. The van der Waals surface area contributed by atoms with Gasteiger partial charge in [-0.05, 0) is 12.0 Å². The minimum atomic E-state index is -0.445. The molecule has 0 aliphatic heterocycles. The van der Waals surface area contributed by atoms with E-state index in [1.165, 1.54) is 0 Å². The van der Waals surface area contributed by atoms with E-state index in [0.29, 0.717) is 6.54 Å². The molecule has 1 unspecified atom stereocenters. The van der Waals surface area contributed by atoms with Crippen molar-refractivity contribution in [3.8, 4) is 0 Å². The van der Waals surface area contributed by atoms with Crippen LogP contribution in [0.15, 0.2) is 30.3 Å². The number of nitrogens with one attached hydrogen (secondary N) is 1. The van der Waals surface area contributed by atoms with Gasteiger partial charge < -0.3 is 15.2 Å². The first-order chi connectivity index (χ1) is 9.09. The van der Waals surface area contributed by atoms with Gasteiger partial charge in [-0.15, -0.1) is 0 Å². The third kappa shape index (κ3) is 5.75. The number of aliphatic hydroxyl groups excluding tert-OH is 1. The van der Waals surface area contributed by atoms with Gasteiger partial charge in [0.2, 0.25) is 0 Å². The molecule has 4 heteroatoms. The van der Waals surface area contributed by atoms with Crippen molar-refractivity contribution < 1.29 is 14.6 Å². The summed E-state index contributed by atoms with van der Waals surface area (Å²) >= 11 is 0. The molecule has 1 rings (SSSR count). The van der Waals surface area contributed by atoms with Gasteiger partial charge in [0.1, 0.15) is 6.61 Å². The lowest BCUT2D eigenvalue weighted by molar-refractivity contribution is 0.0433. The Morgan fingerprint density at radius 1 is 1.37 bits per heavy atom. The molecule has 0 fully saturated rings. The normalized spacial score (nSPS) is 13.6. The van der Waals surface area contributed by atoms with Crippen molar-refractivity contribution in [3.63, 3.8) is 0 Å². The molecule has 0 spiro atoms. The second-order valence-corrected chi connectivity index (χ2v) is 5.13. The molecule has 1 amide bonds. The van der Waals surface area contributed by atoms with Crippen molar-refractivity contribution in [2.75, 3.05) is 13.2 Å². The third-order valence-corrected chi connectivity index (χ3v) is 3.07. The van der Waals surface area contributed by atoms with Gasteiger partial charge in [-0.25, -0.2) is 4.79 Å². The Hall–Kier alpha value is -1.55. The van der Waals surface area contributed by atoms with E-state index >= 15 is 0 Å². The Morgan fingerprint density at radius 3 is 2.63 bits per heavy atom. The highest BCUT2D eigenvalue weighted by molar-refractivity contribution is 5.67. The molecule has 106 valence electrons. The van der Waals surface area contributed by atoms with Gasteiger partial charge in [0.25, 0.3) is 0 Å². The Balaban J connectivity index is 2.31. The highest BCUT2D eigenvalue weighted by Gasteiger charge is 2.24. The maximum atomic E-state index is 11.6. The lowest BCUT2D eigenvalue weighted by Gasteiger charge is -2.26. The topological polar surface area (TPSA) is 58.6 Å². The van der Waals surface area contributed by atoms with Crippen LogP contribution in [0.1, 0.15) is 32.3 Å². The van der Waals surface area contributed by atoms with E-state index in [1.807, 2.05) is 44.2 Å². The molecule has 2 N–H and O–H groups in total. The van der Waals surface area contributed by atoms with Crippen LogP contribution in [0.2, 0.25) is 0 Å². The minimum Gasteiger partial charge on any atom is -0.449 e. The number of aliphatic hydroxyl groups is 1. The molecule has 0 saturated carbocycles. The molecule has 0 aromatic heterocycles. The number of hydrogen-bond donors (Lipinski definition) is 2. The molecule has 1 atom stereocenters. The maximum absolute atomic E-state index is 11.6. The van der Waals surface area contributed by atoms with Crippen molar-refractivity contribution in [1.82, 2.24) is 5.32 Å². The molecule has 0 aliphatic carbocycles. The van der Waals surface area contributed by atoms with Crippen molar-refractivity contribution in [3.05, 3.63) is 35.9 Å². The van der Waals surface area contributed by atoms with Crippen LogP contribution in [0.4, 0.5) is 4.79 Å². The fraction of sp³-hybridized carbons (Fsp3) is 0.533. The average molecular weight is 265 g/mol. The van der Waals surface area contributed by atoms with Crippen molar-refractivity contribution >= 4 is 6.09 Å². The highest BCUT2D eigenvalue weighted by atomic mass is 16.5. The summed E-state index contributed by atoms with van der Waals surface area (Å²) in [4.78, 5) is 11.6. The summed E-state index contributed by atoms with van der Waals surface area (Å²) < 4.78 is 5.16. The molecule has 1 aromatic carbocycles. The zero-order valence-corrected chi connectivity index (χ0v) is 11.7. The molecule has 1 aromatic rings. The molecule has 0 heterocycles. The Labute approximate surface area is 114 Å². The van der Waals surface area contributed by atoms with Gasteiger partial charge >= 0.3 is 6.09 Å². The molecule has 0 radical (unpaired) electrons. The first-order valence-electron chi connectivity index (χ1n) is 6.65. The van der Waals surface area contributed by atoms with Gasteiger partial charge in [0.05, 0.1) is 6.61 Å². The maximum Gasteiger partial charge on any atom is 0.407 e. The zero-order valence-electron chi connectivity index (χ0n) is 11.7. The van der Waals surface area contributed by atoms with Crippen LogP contribution in [-0.4, -0.2) is 24.4 Å². The van der Waals surface area contributed by atoms with Gasteiger partial charge in [-0.1, -0.05) is 50.6 Å². The predicted molar refractivity (Wildman–Crippen MR) is 74.7 cm³/mol. The highest BCUT2D eigenvalue weighted by Crippen LogP contribution is 2.22. The van der Waals surface area contributed by atoms with E-state index in [4.69, 9.17) is 4.74 Å². The van der Waals surface area contributed by atoms with Gasteiger partial charge in [-0.2, -0.15) is 0 Å². The molecule has 0 saturated heterocycles. The van der Waals surface area contributed by atoms with E-state index in [1.54, 1.807) is 0 Å². The van der Waals surface area contributed by atoms with Crippen molar-refractivity contribution in [1.29, 1.82) is 0 Å². The minimum absolute atomic E-state index is 0.0206. The third-order valence-electron chi connectivity index (χ3n) is 3.07. The van der Waals surface area contributed by atoms with Crippen LogP contribution in [0, 0.1) is 5.41 Å². The first kappa shape index (κ1) is 15.5. The van der Waals surface area contributed by atoms with E-state index in [0.717, 1.165) is 18.4 Å². The fourth-order valence-electron chi connectivity index (χ4n) is 1.86. The molecular formula is C15H23NO3. The number of ether oxygens (including phenoxy) is 1. The smallest absolute Gasteiger partial charge is 0.407 e.